The minimum atomic E-state index is -0.209. The molecule has 0 spiro atoms. The van der Waals surface area contributed by atoms with Crippen molar-refractivity contribution in [2.75, 3.05) is 0 Å². The fourth-order valence-electron chi connectivity index (χ4n) is 1.65. The van der Waals surface area contributed by atoms with Gasteiger partial charge in [0.25, 0.3) is 5.56 Å². The standard InChI is InChI=1S/C11H10ClNO2/c1-6-8(5-14)7-3-2-4-9(12)10(7)13-11(6)15/h2-4,14H,5H2,1H3,(H,13,15). The van der Waals surface area contributed by atoms with Crippen molar-refractivity contribution in [2.45, 2.75) is 13.5 Å². The molecular weight excluding hydrogens is 214 g/mol. The van der Waals surface area contributed by atoms with E-state index in [4.69, 9.17) is 11.6 Å². The lowest BCUT2D eigenvalue weighted by Gasteiger charge is -2.07. The number of benzene rings is 1. The summed E-state index contributed by atoms with van der Waals surface area (Å²) in [6.45, 7) is 1.53. The summed E-state index contributed by atoms with van der Waals surface area (Å²) in [5.41, 5.74) is 1.54. The number of fused-ring (bicyclic) bond motifs is 1. The first kappa shape index (κ1) is 10.2. The van der Waals surface area contributed by atoms with E-state index < -0.39 is 0 Å². The van der Waals surface area contributed by atoms with Crippen LogP contribution in [0.5, 0.6) is 0 Å². The van der Waals surface area contributed by atoms with Gasteiger partial charge in [-0.3, -0.25) is 4.79 Å². The zero-order chi connectivity index (χ0) is 11.0. The van der Waals surface area contributed by atoms with Crippen molar-refractivity contribution in [2.24, 2.45) is 0 Å². The van der Waals surface area contributed by atoms with Gasteiger partial charge in [0.2, 0.25) is 0 Å². The molecule has 0 amide bonds. The van der Waals surface area contributed by atoms with Crippen molar-refractivity contribution < 1.29 is 5.11 Å². The van der Waals surface area contributed by atoms with Crippen LogP contribution in [0.25, 0.3) is 10.9 Å². The van der Waals surface area contributed by atoms with E-state index in [9.17, 15) is 9.90 Å². The Bertz CT molecular complexity index is 575. The van der Waals surface area contributed by atoms with Gasteiger partial charge < -0.3 is 10.1 Å². The third-order valence-electron chi connectivity index (χ3n) is 2.53. The van der Waals surface area contributed by atoms with Gasteiger partial charge in [-0.25, -0.2) is 0 Å². The van der Waals surface area contributed by atoms with Crippen LogP contribution in [0.2, 0.25) is 5.02 Å². The van der Waals surface area contributed by atoms with Gasteiger partial charge in [0.05, 0.1) is 17.1 Å². The molecule has 1 heterocycles. The van der Waals surface area contributed by atoms with Crippen LogP contribution in [0.1, 0.15) is 11.1 Å². The van der Waals surface area contributed by atoms with Crippen molar-refractivity contribution in [1.29, 1.82) is 0 Å². The highest BCUT2D eigenvalue weighted by molar-refractivity contribution is 6.35. The molecule has 3 nitrogen and oxygen atoms in total. The molecule has 1 aromatic carbocycles. The molecule has 2 N–H and O–H groups in total. The molecule has 2 rings (SSSR count). The van der Waals surface area contributed by atoms with E-state index in [0.29, 0.717) is 21.7 Å². The highest BCUT2D eigenvalue weighted by Crippen LogP contribution is 2.24. The number of aromatic nitrogens is 1. The number of pyridine rings is 1. The number of hydrogen-bond donors (Lipinski definition) is 2. The van der Waals surface area contributed by atoms with E-state index in [1.54, 1.807) is 19.1 Å². The molecule has 0 fully saturated rings. The van der Waals surface area contributed by atoms with Crippen LogP contribution in [0.4, 0.5) is 0 Å². The summed E-state index contributed by atoms with van der Waals surface area (Å²) >= 11 is 5.96. The molecule has 0 aliphatic carbocycles. The molecule has 0 saturated heterocycles. The monoisotopic (exact) mass is 223 g/mol. The molecule has 0 aliphatic heterocycles. The number of para-hydroxylation sites is 1. The van der Waals surface area contributed by atoms with E-state index in [-0.39, 0.29) is 12.2 Å². The highest BCUT2D eigenvalue weighted by atomic mass is 35.5. The van der Waals surface area contributed by atoms with Crippen molar-refractivity contribution in [3.63, 3.8) is 0 Å². The van der Waals surface area contributed by atoms with Crippen LogP contribution in [-0.4, -0.2) is 10.1 Å². The van der Waals surface area contributed by atoms with Crippen LogP contribution in [0.15, 0.2) is 23.0 Å². The second-order valence-corrected chi connectivity index (χ2v) is 3.79. The second-order valence-electron chi connectivity index (χ2n) is 3.38. The van der Waals surface area contributed by atoms with E-state index in [1.165, 1.54) is 0 Å². The first-order chi connectivity index (χ1) is 7.15. The van der Waals surface area contributed by atoms with Gasteiger partial charge in [0.15, 0.2) is 0 Å². The summed E-state index contributed by atoms with van der Waals surface area (Å²) < 4.78 is 0. The fraction of sp³-hybridized carbons (Fsp3) is 0.182. The minimum absolute atomic E-state index is 0.160. The molecule has 15 heavy (non-hydrogen) atoms. The van der Waals surface area contributed by atoms with Crippen molar-refractivity contribution in [3.05, 3.63) is 44.7 Å². The second kappa shape index (κ2) is 3.68. The summed E-state index contributed by atoms with van der Waals surface area (Å²) in [5.74, 6) is 0. The maximum atomic E-state index is 11.5. The van der Waals surface area contributed by atoms with Gasteiger partial charge in [-0.15, -0.1) is 0 Å². The third-order valence-corrected chi connectivity index (χ3v) is 2.84. The molecule has 0 bridgehead atoms. The summed E-state index contributed by atoms with van der Waals surface area (Å²) in [4.78, 5) is 14.2. The number of aliphatic hydroxyl groups excluding tert-OH is 1. The van der Waals surface area contributed by atoms with Gasteiger partial charge in [-0.05, 0) is 18.6 Å². The first-order valence-electron chi connectivity index (χ1n) is 4.56. The number of aromatic amines is 1. The topological polar surface area (TPSA) is 53.1 Å². The molecule has 78 valence electrons. The van der Waals surface area contributed by atoms with Gasteiger partial charge in [-0.1, -0.05) is 23.7 Å². The highest BCUT2D eigenvalue weighted by Gasteiger charge is 2.09. The Hall–Kier alpha value is -1.32. The Kier molecular flexibility index (Phi) is 2.50. The van der Waals surface area contributed by atoms with Crippen LogP contribution >= 0.6 is 11.6 Å². The van der Waals surface area contributed by atoms with Crippen molar-refractivity contribution in [3.8, 4) is 0 Å². The lowest BCUT2D eigenvalue weighted by Crippen LogP contribution is -2.13. The normalized spacial score (nSPS) is 10.9. The molecule has 1 aromatic heterocycles. The maximum Gasteiger partial charge on any atom is 0.251 e. The van der Waals surface area contributed by atoms with E-state index >= 15 is 0 Å². The predicted molar refractivity (Wildman–Crippen MR) is 60.2 cm³/mol. The van der Waals surface area contributed by atoms with E-state index in [1.807, 2.05) is 6.07 Å². The molecule has 2 aromatic rings. The molecule has 0 aliphatic rings. The van der Waals surface area contributed by atoms with Gasteiger partial charge >= 0.3 is 0 Å². The first-order valence-corrected chi connectivity index (χ1v) is 4.93. The Morgan fingerprint density at radius 2 is 2.20 bits per heavy atom. The largest absolute Gasteiger partial charge is 0.392 e. The van der Waals surface area contributed by atoms with Crippen molar-refractivity contribution in [1.82, 2.24) is 4.98 Å². The summed E-state index contributed by atoms with van der Waals surface area (Å²) in [7, 11) is 0. The van der Waals surface area contributed by atoms with Crippen LogP contribution in [-0.2, 0) is 6.61 Å². The van der Waals surface area contributed by atoms with Gasteiger partial charge in [0, 0.05) is 10.9 Å². The average molecular weight is 224 g/mol. The number of halogens is 1. The van der Waals surface area contributed by atoms with Gasteiger partial charge in [0.1, 0.15) is 0 Å². The van der Waals surface area contributed by atoms with Crippen LogP contribution in [0, 0.1) is 6.92 Å². The van der Waals surface area contributed by atoms with Crippen LogP contribution in [0.3, 0.4) is 0 Å². The Morgan fingerprint density at radius 1 is 1.47 bits per heavy atom. The average Bonchev–Trinajstić information content (AvgIpc) is 2.22. The molecule has 0 atom stereocenters. The smallest absolute Gasteiger partial charge is 0.251 e. The number of rotatable bonds is 1. The Labute approximate surface area is 91.3 Å². The minimum Gasteiger partial charge on any atom is -0.392 e. The zero-order valence-electron chi connectivity index (χ0n) is 8.17. The summed E-state index contributed by atoms with van der Waals surface area (Å²) in [6, 6.07) is 5.33. The summed E-state index contributed by atoms with van der Waals surface area (Å²) in [6.07, 6.45) is 0. The fourth-order valence-corrected chi connectivity index (χ4v) is 1.87. The molecule has 4 heteroatoms. The Morgan fingerprint density at radius 3 is 2.87 bits per heavy atom. The van der Waals surface area contributed by atoms with E-state index in [0.717, 1.165) is 5.39 Å². The molecule has 0 saturated carbocycles. The number of H-pyrrole nitrogens is 1. The summed E-state index contributed by atoms with van der Waals surface area (Å²) in [5, 5.41) is 10.5. The number of hydrogen-bond acceptors (Lipinski definition) is 2. The lowest BCUT2D eigenvalue weighted by molar-refractivity contribution is 0.282. The van der Waals surface area contributed by atoms with Crippen molar-refractivity contribution >= 4 is 22.5 Å². The SMILES string of the molecule is Cc1c(CO)c2cccc(Cl)c2[nH]c1=O. The third kappa shape index (κ3) is 1.54. The number of nitrogens with one attached hydrogen (secondary N) is 1. The predicted octanol–water partition coefficient (Wildman–Crippen LogP) is 1.98. The lowest BCUT2D eigenvalue weighted by atomic mass is 10.1. The van der Waals surface area contributed by atoms with E-state index in [2.05, 4.69) is 4.98 Å². The van der Waals surface area contributed by atoms with Crippen LogP contribution < -0.4 is 5.56 Å². The quantitative estimate of drug-likeness (QED) is 0.777. The zero-order valence-corrected chi connectivity index (χ0v) is 8.93. The molecule has 0 radical (unpaired) electrons. The molecular formula is C11H10ClNO2. The molecule has 0 unspecified atom stereocenters. The Balaban J connectivity index is 3.01. The number of aliphatic hydroxyl groups is 1. The van der Waals surface area contributed by atoms with Gasteiger partial charge in [-0.2, -0.15) is 0 Å². The maximum absolute atomic E-state index is 11.5.